The zero-order valence-electron chi connectivity index (χ0n) is 102. The first kappa shape index (κ1) is 140. The SMILES string of the molecule is CC.CC.CC.CC.CC.CC.CC.CC.CC(C)(C)C(c1ccccc1)[C@@H](c1ccccc1)C(C)(C)C.CC(C)(C)C(c1ccccc1)[C@H](c1ccccc1)C(C)(C)C.CC(C)(C)C1CCCC[C@@H]1C(C)(C)C.CC(C)(C)C1CCCC[C@H]1C(C)(C)C.CC(C)(C)C1CCC[C@@H]1C(C)(C)C.CC(C)(C)C1CCC[C@H]1C(C)(C)C.CC1(C)OC(C(=O)C(C)(C)C)[C@@H](C(=O)C(C)(C)C)O1. The summed E-state index contributed by atoms with van der Waals surface area (Å²) in [5.74, 6) is 8.29. The molecule has 4 nitrogen and oxygen atoms in total. The number of carbonyl (C=O) groups excluding carboxylic acids is 2. The number of carbonyl (C=O) groups is 2. The number of hydrogen-bond acceptors (Lipinski definition) is 4. The maximum atomic E-state index is 12.4. The average molecular weight is 1860 g/mol. The lowest BCUT2D eigenvalue weighted by atomic mass is 9.59. The first-order chi connectivity index (χ1) is 60.6. The molecule has 1 saturated heterocycles. The van der Waals surface area contributed by atoms with Gasteiger partial charge in [-0.25, -0.2) is 0 Å². The summed E-state index contributed by atoms with van der Waals surface area (Å²) in [5.41, 5.74) is 9.49. The van der Waals surface area contributed by atoms with Gasteiger partial charge in [0, 0.05) is 10.8 Å². The van der Waals surface area contributed by atoms with Gasteiger partial charge in [-0.3, -0.25) is 9.59 Å². The predicted octanol–water partition coefficient (Wildman–Crippen LogP) is 43.0. The highest BCUT2D eigenvalue weighted by atomic mass is 16.8. The van der Waals surface area contributed by atoms with E-state index >= 15 is 0 Å². The number of Topliss-reactive ketones (excluding diaryl/α,β-unsaturated/α-hetero) is 2. The highest BCUT2D eigenvalue weighted by molar-refractivity contribution is 5.97. The Labute approximate surface area is 839 Å². The van der Waals surface area contributed by atoms with Crippen LogP contribution in [-0.4, -0.2) is 29.6 Å². The molecular formula is C129H242O4. The maximum absolute atomic E-state index is 12.4. The molecular weight excluding hydrogens is 1610 g/mol. The Morgan fingerprint density at radius 2 is 0.338 bits per heavy atom. The molecule has 1 aliphatic heterocycles. The molecule has 0 aromatic heterocycles. The molecule has 0 bridgehead atoms. The molecule has 782 valence electrons. The fraction of sp³-hybridized carbons (Fsp3) is 0.798. The van der Waals surface area contributed by atoms with E-state index in [4.69, 9.17) is 9.47 Å². The molecule has 4 saturated carbocycles. The minimum absolute atomic E-state index is 0.0966. The fourth-order valence-electron chi connectivity index (χ4n) is 21.9. The van der Waals surface area contributed by atoms with Crippen molar-refractivity contribution < 1.29 is 19.1 Å². The van der Waals surface area contributed by atoms with Crippen molar-refractivity contribution >= 4 is 11.6 Å². The van der Waals surface area contributed by atoms with Crippen LogP contribution in [0.25, 0.3) is 0 Å². The van der Waals surface area contributed by atoms with E-state index in [0.717, 1.165) is 47.3 Å². The minimum Gasteiger partial charge on any atom is -0.336 e. The van der Waals surface area contributed by atoms with Gasteiger partial charge >= 0.3 is 0 Å². The molecule has 0 amide bonds. The van der Waals surface area contributed by atoms with E-state index in [9.17, 15) is 9.59 Å². The standard InChI is InChI=1S/2C22H30.C15H26O4.2C14H28.2C13H26.8C2H6/c2*1-21(2,3)19(17-13-9-7-10-14-17)20(22(4,5)6)18-15-11-8-12-16-18;1-13(2,3)11(16)9-10(12(17)14(4,5)6)19-15(7,8)18-9;2*1-13(2,3)11-9-7-8-10-12(11)14(4,5)6;2*1-12(2,3)10-8-7-9-11(10)13(4,5)6;8*1-2/h2*7-16,19-20H,1-6H3;9-10H,1-8H3;2*11-12H,7-10H2,1-6H3;2*10-11H,7-9H2,1-6H3;8*1-2H3/t2*19-,20?;9-,10?;2*11-,12?;2*10-,11?;;;;;;;;/m1001010......../s1. The number of benzene rings is 4. The molecule has 5 aliphatic rings. The van der Waals surface area contributed by atoms with Gasteiger partial charge in [0.1, 0.15) is 0 Å². The van der Waals surface area contributed by atoms with E-state index in [1.165, 1.54) is 112 Å². The molecule has 0 radical (unpaired) electrons. The molecule has 4 aliphatic carbocycles. The highest BCUT2D eigenvalue weighted by Gasteiger charge is 2.53. The molecule has 133 heavy (non-hydrogen) atoms. The van der Waals surface area contributed by atoms with Gasteiger partial charge in [0.2, 0.25) is 0 Å². The summed E-state index contributed by atoms with van der Waals surface area (Å²) >= 11 is 0. The summed E-state index contributed by atoms with van der Waals surface area (Å²) < 4.78 is 11.3. The van der Waals surface area contributed by atoms with Crippen molar-refractivity contribution in [2.45, 2.75) is 547 Å². The van der Waals surface area contributed by atoms with Crippen LogP contribution in [0.1, 0.15) is 551 Å². The Bertz CT molecular complexity index is 3040. The lowest BCUT2D eigenvalue weighted by molar-refractivity contribution is -0.162. The quantitative estimate of drug-likeness (QED) is 0.176. The second-order valence-corrected chi connectivity index (χ2v) is 52.9. The number of ketones is 2. The summed E-state index contributed by atoms with van der Waals surface area (Å²) in [6.45, 7) is 133. The van der Waals surface area contributed by atoms with Crippen LogP contribution in [0.4, 0.5) is 0 Å². The predicted molar refractivity (Wildman–Crippen MR) is 606 cm³/mol. The summed E-state index contributed by atoms with van der Waals surface area (Å²) in [5, 5.41) is 0. The Morgan fingerprint density at radius 1 is 0.218 bits per heavy atom. The van der Waals surface area contributed by atoms with Crippen molar-refractivity contribution in [3.63, 3.8) is 0 Å². The summed E-state index contributed by atoms with van der Waals surface area (Å²) in [7, 11) is 0. The van der Waals surface area contributed by atoms with Crippen LogP contribution in [-0.2, 0) is 19.1 Å². The van der Waals surface area contributed by atoms with Gasteiger partial charge in [0.05, 0.1) is 0 Å². The van der Waals surface area contributed by atoms with Crippen LogP contribution in [0.2, 0.25) is 0 Å². The molecule has 1 heterocycles. The third-order valence-corrected chi connectivity index (χ3v) is 27.6. The van der Waals surface area contributed by atoms with Crippen LogP contribution in [0.5, 0.6) is 0 Å². The Hall–Kier alpha value is -3.86. The molecule has 0 spiro atoms. The van der Waals surface area contributed by atoms with Gasteiger partial charge in [0.15, 0.2) is 29.6 Å². The largest absolute Gasteiger partial charge is 0.336 e. The monoisotopic (exact) mass is 1860 g/mol. The van der Waals surface area contributed by atoms with Gasteiger partial charge in [-0.05, 0) is 223 Å². The minimum atomic E-state index is -0.906. The first-order valence-electron chi connectivity index (χ1n) is 55.2. The van der Waals surface area contributed by atoms with Gasteiger partial charge in [0.25, 0.3) is 0 Å². The van der Waals surface area contributed by atoms with Crippen molar-refractivity contribution in [3.8, 4) is 0 Å². The Kier molecular flexibility index (Phi) is 65.6. The van der Waals surface area contributed by atoms with Gasteiger partial charge in [-0.2, -0.15) is 0 Å². The molecule has 14 atom stereocenters. The van der Waals surface area contributed by atoms with E-state index in [1.807, 2.05) is 152 Å². The normalized spacial score (nSPS) is 21.8. The van der Waals surface area contributed by atoms with Crippen LogP contribution in [0.3, 0.4) is 0 Å². The second kappa shape index (κ2) is 62.4. The molecule has 9 rings (SSSR count). The number of hydrogen-bond donors (Lipinski definition) is 0. The van der Waals surface area contributed by atoms with Crippen LogP contribution in [0, 0.1) is 123 Å². The van der Waals surface area contributed by atoms with E-state index < -0.39 is 28.8 Å². The van der Waals surface area contributed by atoms with E-state index in [0.29, 0.717) is 67.0 Å². The Morgan fingerprint density at radius 3 is 0.444 bits per heavy atom. The molecule has 7 unspecified atom stereocenters. The molecule has 5 fully saturated rings. The smallest absolute Gasteiger partial charge is 0.170 e. The molecule has 0 N–H and O–H groups in total. The third kappa shape index (κ3) is 50.9. The van der Waals surface area contributed by atoms with Crippen molar-refractivity contribution in [1.29, 1.82) is 0 Å². The Balaban J connectivity index is -0.000000347. The number of ether oxygens (including phenoxy) is 2. The fourth-order valence-corrected chi connectivity index (χ4v) is 21.9. The van der Waals surface area contributed by atoms with Crippen LogP contribution in [0.15, 0.2) is 121 Å². The first-order valence-corrected chi connectivity index (χ1v) is 55.2. The van der Waals surface area contributed by atoms with Gasteiger partial charge in [-0.1, -0.05) is 561 Å². The van der Waals surface area contributed by atoms with Gasteiger partial charge < -0.3 is 9.47 Å². The summed E-state index contributed by atoms with van der Waals surface area (Å²) in [4.78, 5) is 24.9. The lowest BCUT2D eigenvalue weighted by Crippen LogP contribution is -2.46. The van der Waals surface area contributed by atoms with Gasteiger partial charge in [-0.15, -0.1) is 0 Å². The molecule has 4 aromatic carbocycles. The van der Waals surface area contributed by atoms with E-state index in [-0.39, 0.29) is 33.2 Å². The van der Waals surface area contributed by atoms with Crippen molar-refractivity contribution in [2.75, 3.05) is 0 Å². The lowest BCUT2D eigenvalue weighted by Gasteiger charge is -2.46. The maximum Gasteiger partial charge on any atom is 0.170 e. The molecule has 4 heteroatoms. The average Bonchev–Trinajstić information content (AvgIpc) is 1.65. The van der Waals surface area contributed by atoms with Crippen molar-refractivity contribution in [3.05, 3.63) is 144 Å². The second-order valence-electron chi connectivity index (χ2n) is 52.9. The van der Waals surface area contributed by atoms with Crippen LogP contribution >= 0.6 is 0 Å². The van der Waals surface area contributed by atoms with E-state index in [2.05, 4.69) is 371 Å². The summed E-state index contributed by atoms with van der Waals surface area (Å²) in [6.07, 6.45) is 18.7. The highest BCUT2D eigenvalue weighted by Crippen LogP contribution is 2.58. The van der Waals surface area contributed by atoms with Crippen molar-refractivity contribution in [2.24, 2.45) is 123 Å². The van der Waals surface area contributed by atoms with E-state index in [1.54, 1.807) is 13.8 Å². The topological polar surface area (TPSA) is 52.6 Å². The third-order valence-electron chi connectivity index (χ3n) is 27.6. The molecule has 4 aromatic rings. The summed E-state index contributed by atoms with van der Waals surface area (Å²) in [6, 6.07) is 44.1. The zero-order valence-corrected chi connectivity index (χ0v) is 102. The zero-order chi connectivity index (χ0) is 107. The van der Waals surface area contributed by atoms with Crippen LogP contribution < -0.4 is 0 Å². The number of rotatable bonds is 8. The van der Waals surface area contributed by atoms with Crippen molar-refractivity contribution in [1.82, 2.24) is 0 Å².